The van der Waals surface area contributed by atoms with Gasteiger partial charge in [0.1, 0.15) is 5.75 Å². The number of ether oxygens (including phenoxy) is 1. The Labute approximate surface area is 301 Å². The number of rotatable bonds is 13. The van der Waals surface area contributed by atoms with Crippen LogP contribution in [0.4, 0.5) is 13.2 Å². The van der Waals surface area contributed by atoms with Gasteiger partial charge in [-0.05, 0) is 86.3 Å². The molecular formula is C38H44Cl2F3N5O2. The Kier molecular flexibility index (Phi) is 11.8. The maximum atomic E-state index is 12.8. The van der Waals surface area contributed by atoms with Crippen molar-refractivity contribution in [2.24, 2.45) is 5.73 Å². The molecule has 3 heterocycles. The second-order valence-electron chi connectivity index (χ2n) is 13.6. The smallest absolute Gasteiger partial charge is 0.406 e. The van der Waals surface area contributed by atoms with Crippen molar-refractivity contribution in [1.82, 2.24) is 19.7 Å². The molecule has 0 aliphatic carbocycles. The van der Waals surface area contributed by atoms with Crippen molar-refractivity contribution in [3.05, 3.63) is 88.0 Å². The number of Topliss-reactive ketones (excluding diaryl/α,β-unsaturated/α-hetero) is 1. The third-order valence-corrected chi connectivity index (χ3v) is 10.7. The molecule has 4 aromatic rings. The number of halogens is 5. The molecule has 2 saturated heterocycles. The van der Waals surface area contributed by atoms with E-state index in [2.05, 4.69) is 48.8 Å². The maximum Gasteiger partial charge on any atom is 0.573 e. The highest BCUT2D eigenvalue weighted by atomic mass is 35.5. The van der Waals surface area contributed by atoms with Gasteiger partial charge in [0.15, 0.2) is 5.78 Å². The number of nitrogens with zero attached hydrogens (tertiary/aromatic N) is 3. The number of aryl methyl sites for hydroxylation is 1. The molecule has 2 aliphatic rings. The molecule has 50 heavy (non-hydrogen) atoms. The van der Waals surface area contributed by atoms with Gasteiger partial charge >= 0.3 is 6.36 Å². The van der Waals surface area contributed by atoms with E-state index < -0.39 is 11.9 Å². The molecule has 0 radical (unpaired) electrons. The van der Waals surface area contributed by atoms with Crippen LogP contribution < -0.4 is 15.8 Å². The second kappa shape index (κ2) is 16.0. The highest BCUT2D eigenvalue weighted by Crippen LogP contribution is 2.34. The van der Waals surface area contributed by atoms with Gasteiger partial charge in [-0.25, -0.2) is 0 Å². The van der Waals surface area contributed by atoms with E-state index in [4.69, 9.17) is 28.9 Å². The van der Waals surface area contributed by atoms with Crippen molar-refractivity contribution in [2.45, 2.75) is 70.1 Å². The first-order valence-electron chi connectivity index (χ1n) is 17.4. The standard InChI is InChI=1S/C38H44Cl2F3N5O2/c39-33-5-4-6-34(40)32(33)25-47-21-19-46(20-22-47)24-27-8-13-35-30(23-27)31(28-9-11-29(12-10-28)50-38(41,42)43)26-48(35)18-3-1-2-7-36(49)37(44)14-16-45-17-15-37/h4-6,8-13,23,26,45H,1-3,7,14-22,24-25,44H2. The minimum Gasteiger partial charge on any atom is -0.406 e. The lowest BCUT2D eigenvalue weighted by molar-refractivity contribution is -0.274. The number of carbonyl (C=O) groups excluding carboxylic acids is 1. The van der Waals surface area contributed by atoms with Gasteiger partial charge in [-0.3, -0.25) is 14.6 Å². The van der Waals surface area contributed by atoms with E-state index in [0.717, 1.165) is 99.2 Å². The van der Waals surface area contributed by atoms with Gasteiger partial charge in [0.25, 0.3) is 0 Å². The lowest BCUT2D eigenvalue weighted by Gasteiger charge is -2.35. The van der Waals surface area contributed by atoms with Crippen LogP contribution in [0, 0.1) is 0 Å². The predicted octanol–water partition coefficient (Wildman–Crippen LogP) is 8.04. The number of aromatic nitrogens is 1. The maximum absolute atomic E-state index is 12.8. The predicted molar refractivity (Wildman–Crippen MR) is 194 cm³/mol. The average Bonchev–Trinajstić information content (AvgIpc) is 3.44. The molecule has 2 fully saturated rings. The molecule has 7 nitrogen and oxygen atoms in total. The molecule has 0 unspecified atom stereocenters. The fourth-order valence-corrected chi connectivity index (χ4v) is 7.63. The highest BCUT2D eigenvalue weighted by Gasteiger charge is 2.34. The summed E-state index contributed by atoms with van der Waals surface area (Å²) in [5, 5.41) is 5.69. The fraction of sp³-hybridized carbons (Fsp3) is 0.447. The first-order chi connectivity index (χ1) is 24.0. The number of ketones is 1. The summed E-state index contributed by atoms with van der Waals surface area (Å²) in [7, 11) is 0. The SMILES string of the molecule is NC1(C(=O)CCCCCn2cc(-c3ccc(OC(F)(F)F)cc3)c3cc(CN4CCN(Cc5c(Cl)cccc5Cl)CC4)ccc32)CCNCC1. The summed E-state index contributed by atoms with van der Waals surface area (Å²) >= 11 is 12.8. The van der Waals surface area contributed by atoms with Gasteiger partial charge in [-0.1, -0.05) is 53.9 Å². The summed E-state index contributed by atoms with van der Waals surface area (Å²) in [6, 6.07) is 18.2. The molecule has 3 N–H and O–H groups in total. The molecule has 0 spiro atoms. The van der Waals surface area contributed by atoms with E-state index >= 15 is 0 Å². The Balaban J connectivity index is 1.13. The second-order valence-corrected chi connectivity index (χ2v) is 14.4. The monoisotopic (exact) mass is 729 g/mol. The van der Waals surface area contributed by atoms with Crippen LogP contribution >= 0.6 is 23.2 Å². The molecule has 12 heteroatoms. The lowest BCUT2D eigenvalue weighted by Crippen LogP contribution is -2.54. The van der Waals surface area contributed by atoms with Gasteiger partial charge in [-0.15, -0.1) is 13.2 Å². The Morgan fingerprint density at radius 1 is 0.880 bits per heavy atom. The van der Waals surface area contributed by atoms with E-state index in [1.54, 1.807) is 12.1 Å². The van der Waals surface area contributed by atoms with Gasteiger partial charge in [0.2, 0.25) is 0 Å². The number of alkyl halides is 3. The highest BCUT2D eigenvalue weighted by molar-refractivity contribution is 6.36. The van der Waals surface area contributed by atoms with E-state index in [-0.39, 0.29) is 11.5 Å². The molecular weight excluding hydrogens is 686 g/mol. The topological polar surface area (TPSA) is 75.8 Å². The van der Waals surface area contributed by atoms with E-state index in [0.29, 0.717) is 35.9 Å². The fourth-order valence-electron chi connectivity index (χ4n) is 7.11. The van der Waals surface area contributed by atoms with E-state index in [1.165, 1.54) is 17.7 Å². The minimum absolute atomic E-state index is 0.157. The first-order valence-corrected chi connectivity index (χ1v) is 18.1. The van der Waals surface area contributed by atoms with Gasteiger partial charge in [0.05, 0.1) is 5.54 Å². The van der Waals surface area contributed by atoms with Gasteiger partial charge in [-0.2, -0.15) is 0 Å². The minimum atomic E-state index is -4.75. The van der Waals surface area contributed by atoms with E-state index in [1.807, 2.05) is 18.2 Å². The van der Waals surface area contributed by atoms with Crippen molar-refractivity contribution in [1.29, 1.82) is 0 Å². The number of piperazine rings is 1. The van der Waals surface area contributed by atoms with Crippen molar-refractivity contribution in [3.63, 3.8) is 0 Å². The number of carbonyl (C=O) groups is 1. The van der Waals surface area contributed by atoms with Crippen LogP contribution in [-0.2, 0) is 24.4 Å². The third-order valence-electron chi connectivity index (χ3n) is 10.0. The van der Waals surface area contributed by atoms with Crippen LogP contribution in [0.2, 0.25) is 10.0 Å². The number of unbranched alkanes of at least 4 members (excludes halogenated alkanes) is 2. The zero-order valence-corrected chi connectivity index (χ0v) is 29.6. The van der Waals surface area contributed by atoms with E-state index in [9.17, 15) is 18.0 Å². The quantitative estimate of drug-likeness (QED) is 0.136. The molecule has 268 valence electrons. The zero-order valence-electron chi connectivity index (χ0n) is 28.1. The van der Waals surface area contributed by atoms with Crippen molar-refractivity contribution < 1.29 is 22.7 Å². The number of fused-ring (bicyclic) bond motifs is 1. The van der Waals surface area contributed by atoms with Crippen LogP contribution in [-0.4, -0.2) is 71.3 Å². The van der Waals surface area contributed by atoms with Crippen LogP contribution in [0.3, 0.4) is 0 Å². The molecule has 0 bridgehead atoms. The van der Waals surface area contributed by atoms with Gasteiger partial charge in [0, 0.05) is 90.5 Å². The third kappa shape index (κ3) is 9.21. The number of hydrogen-bond acceptors (Lipinski definition) is 6. The molecule has 0 amide bonds. The van der Waals surface area contributed by atoms with Gasteiger partial charge < -0.3 is 20.4 Å². The number of nitrogens with two attached hydrogens (primary N) is 1. The number of hydrogen-bond donors (Lipinski definition) is 2. The normalized spacial score (nSPS) is 17.3. The van der Waals surface area contributed by atoms with Crippen molar-refractivity contribution in [2.75, 3.05) is 39.3 Å². The summed E-state index contributed by atoms with van der Waals surface area (Å²) in [6.07, 6.45) is 1.77. The number of piperidine rings is 1. The summed E-state index contributed by atoms with van der Waals surface area (Å²) < 4.78 is 44.8. The van der Waals surface area contributed by atoms with Crippen LogP contribution in [0.5, 0.6) is 5.75 Å². The average molecular weight is 731 g/mol. The van der Waals surface area contributed by atoms with Crippen molar-refractivity contribution >= 4 is 39.9 Å². The molecule has 0 saturated carbocycles. The summed E-state index contributed by atoms with van der Waals surface area (Å²) in [4.78, 5) is 17.6. The molecule has 1 aromatic heterocycles. The van der Waals surface area contributed by atoms with Crippen LogP contribution in [0.25, 0.3) is 22.0 Å². The summed E-state index contributed by atoms with van der Waals surface area (Å²) in [5.41, 5.74) is 10.7. The zero-order chi connectivity index (χ0) is 35.3. The summed E-state index contributed by atoms with van der Waals surface area (Å²) in [6.45, 7) is 7.41. The first kappa shape index (κ1) is 36.7. The Morgan fingerprint density at radius 2 is 1.54 bits per heavy atom. The molecule has 3 aromatic carbocycles. The molecule has 0 atom stereocenters. The largest absolute Gasteiger partial charge is 0.573 e. The van der Waals surface area contributed by atoms with Crippen molar-refractivity contribution in [3.8, 4) is 16.9 Å². The number of benzene rings is 3. The van der Waals surface area contributed by atoms with Crippen LogP contribution in [0.15, 0.2) is 66.9 Å². The summed E-state index contributed by atoms with van der Waals surface area (Å²) in [5.74, 6) is -0.0931. The Hall–Kier alpha value is -3.12. The Bertz CT molecular complexity index is 1740. The number of nitrogens with one attached hydrogen (secondary N) is 1. The Morgan fingerprint density at radius 3 is 2.20 bits per heavy atom. The lowest BCUT2D eigenvalue weighted by atomic mass is 9.83. The molecule has 6 rings (SSSR count). The van der Waals surface area contributed by atoms with Crippen LogP contribution in [0.1, 0.15) is 49.7 Å². The molecule has 2 aliphatic heterocycles.